The second-order valence-corrected chi connectivity index (χ2v) is 17.4. The van der Waals surface area contributed by atoms with Crippen LogP contribution in [-0.2, 0) is 5.41 Å². The maximum absolute atomic E-state index is 5.19. The summed E-state index contributed by atoms with van der Waals surface area (Å²) < 4.78 is 4.88. The molecule has 12 aromatic rings. The molecule has 0 atom stereocenters. The molecule has 63 heavy (non-hydrogen) atoms. The summed E-state index contributed by atoms with van der Waals surface area (Å²) in [6.07, 6.45) is 0. The van der Waals surface area contributed by atoms with Crippen molar-refractivity contribution < 1.29 is 0 Å². The Balaban J connectivity index is 1.00. The van der Waals surface area contributed by atoms with Crippen LogP contribution in [0.3, 0.4) is 0 Å². The number of hydrogen-bond acceptors (Lipinski definition) is 2. The first-order valence-corrected chi connectivity index (χ1v) is 21.7. The molecular weight excluding hydrogens is 765 g/mol. The third kappa shape index (κ3) is 5.28. The van der Waals surface area contributed by atoms with E-state index < -0.39 is 0 Å². The molecule has 0 unspecified atom stereocenters. The molecule has 3 aromatic heterocycles. The molecule has 0 aliphatic heterocycles. The van der Waals surface area contributed by atoms with Gasteiger partial charge in [0.2, 0.25) is 0 Å². The highest BCUT2D eigenvalue weighted by Gasteiger charge is 2.38. The second kappa shape index (κ2) is 13.5. The average molecular weight is 805 g/mol. The Kier molecular flexibility index (Phi) is 7.62. The number of rotatable bonds is 5. The summed E-state index contributed by atoms with van der Waals surface area (Å²) in [6.45, 7) is 4.77. The molecule has 9 aromatic carbocycles. The van der Waals surface area contributed by atoms with Gasteiger partial charge in [-0.2, -0.15) is 0 Å². The third-order valence-corrected chi connectivity index (χ3v) is 13.5. The van der Waals surface area contributed by atoms with E-state index in [2.05, 4.69) is 217 Å². The Morgan fingerprint density at radius 1 is 0.381 bits per heavy atom. The minimum absolute atomic E-state index is 0.203. The molecule has 0 saturated heterocycles. The molecule has 4 heteroatoms. The standard InChI is InChI=1S/C59H40N4/c1-59(2)50-22-12-9-19-43(50)45-31-32-46-49-36-40(39-27-33-53-48(35-39)44-20-11-14-24-52(44)62(53)41-17-7-4-8-18-41)28-34-54(49)63(57(46)55(45)59)42-29-25-38(26-30-42)58-60-51-23-13-10-21-47(51)56(61-58)37-15-5-3-6-16-37/h3-36H,1-2H3. The molecule has 3 heterocycles. The van der Waals surface area contributed by atoms with E-state index in [1.807, 2.05) is 12.1 Å². The lowest BCUT2D eigenvalue weighted by atomic mass is 9.81. The summed E-state index contributed by atoms with van der Waals surface area (Å²) in [6, 6.07) is 74.7. The van der Waals surface area contributed by atoms with Crippen LogP contribution in [0.5, 0.6) is 0 Å². The van der Waals surface area contributed by atoms with Gasteiger partial charge in [-0.25, -0.2) is 9.97 Å². The van der Waals surface area contributed by atoms with Crippen LogP contribution in [0.2, 0.25) is 0 Å². The van der Waals surface area contributed by atoms with Gasteiger partial charge in [-0.05, 0) is 106 Å². The highest BCUT2D eigenvalue weighted by molar-refractivity contribution is 6.15. The zero-order valence-corrected chi connectivity index (χ0v) is 34.9. The first-order chi connectivity index (χ1) is 31.0. The van der Waals surface area contributed by atoms with Crippen LogP contribution in [0.4, 0.5) is 0 Å². The minimum Gasteiger partial charge on any atom is -0.309 e. The molecule has 0 saturated carbocycles. The van der Waals surface area contributed by atoms with Crippen molar-refractivity contribution in [3.8, 4) is 56.3 Å². The van der Waals surface area contributed by atoms with Crippen LogP contribution in [0.1, 0.15) is 25.0 Å². The number of fused-ring (bicyclic) bond motifs is 11. The smallest absolute Gasteiger partial charge is 0.160 e. The molecular formula is C59H40N4. The highest BCUT2D eigenvalue weighted by Crippen LogP contribution is 2.53. The molecule has 0 fully saturated rings. The second-order valence-electron chi connectivity index (χ2n) is 17.4. The summed E-state index contributed by atoms with van der Waals surface area (Å²) in [5.41, 5.74) is 18.6. The fourth-order valence-corrected chi connectivity index (χ4v) is 10.6. The normalized spacial score (nSPS) is 13.0. The minimum atomic E-state index is -0.203. The van der Waals surface area contributed by atoms with Gasteiger partial charge < -0.3 is 9.13 Å². The molecule has 0 bridgehead atoms. The number of hydrogen-bond donors (Lipinski definition) is 0. The number of para-hydroxylation sites is 3. The summed E-state index contributed by atoms with van der Waals surface area (Å²) in [5.74, 6) is 0.715. The van der Waals surface area contributed by atoms with E-state index in [0.29, 0.717) is 5.82 Å². The summed E-state index contributed by atoms with van der Waals surface area (Å²) >= 11 is 0. The number of benzene rings is 9. The predicted molar refractivity (Wildman–Crippen MR) is 262 cm³/mol. The first-order valence-electron chi connectivity index (χ1n) is 21.7. The topological polar surface area (TPSA) is 35.6 Å². The molecule has 296 valence electrons. The quantitative estimate of drug-likeness (QED) is 0.174. The monoisotopic (exact) mass is 804 g/mol. The van der Waals surface area contributed by atoms with Crippen molar-refractivity contribution in [1.82, 2.24) is 19.1 Å². The SMILES string of the molecule is CC1(C)c2ccccc2-c2ccc3c4cc(-c5ccc6c(c5)c5ccccc5n6-c5ccccc5)ccc4n(-c4ccc(-c5nc(-c6ccccc6)c6ccccc6n5)cc4)c3c21. The van der Waals surface area contributed by atoms with Crippen LogP contribution in [0.15, 0.2) is 206 Å². The highest BCUT2D eigenvalue weighted by atomic mass is 15.0. The zero-order valence-electron chi connectivity index (χ0n) is 34.9. The van der Waals surface area contributed by atoms with Crippen LogP contribution in [-0.4, -0.2) is 19.1 Å². The van der Waals surface area contributed by atoms with Gasteiger partial charge in [0.1, 0.15) is 0 Å². The van der Waals surface area contributed by atoms with Crippen molar-refractivity contribution in [1.29, 1.82) is 0 Å². The fourth-order valence-electron chi connectivity index (χ4n) is 10.6. The van der Waals surface area contributed by atoms with Crippen molar-refractivity contribution in [2.24, 2.45) is 0 Å². The van der Waals surface area contributed by atoms with Gasteiger partial charge in [0.15, 0.2) is 5.82 Å². The number of nitrogens with zero attached hydrogens (tertiary/aromatic N) is 4. The van der Waals surface area contributed by atoms with Crippen molar-refractivity contribution in [2.75, 3.05) is 0 Å². The van der Waals surface area contributed by atoms with Gasteiger partial charge in [-0.1, -0.05) is 147 Å². The van der Waals surface area contributed by atoms with Gasteiger partial charge in [0, 0.05) is 54.8 Å². The molecule has 1 aliphatic carbocycles. The van der Waals surface area contributed by atoms with Crippen molar-refractivity contribution in [3.63, 3.8) is 0 Å². The lowest BCUT2D eigenvalue weighted by molar-refractivity contribution is 0.664. The van der Waals surface area contributed by atoms with E-state index in [-0.39, 0.29) is 5.41 Å². The van der Waals surface area contributed by atoms with Crippen LogP contribution in [0, 0.1) is 0 Å². The van der Waals surface area contributed by atoms with Crippen LogP contribution < -0.4 is 0 Å². The Labute approximate surface area is 365 Å². The fraction of sp³-hybridized carbons (Fsp3) is 0.0508. The van der Waals surface area contributed by atoms with E-state index in [1.54, 1.807) is 0 Å². The van der Waals surface area contributed by atoms with Gasteiger partial charge in [-0.15, -0.1) is 0 Å². The molecule has 0 N–H and O–H groups in total. The Morgan fingerprint density at radius 3 is 1.75 bits per heavy atom. The van der Waals surface area contributed by atoms with E-state index >= 15 is 0 Å². The van der Waals surface area contributed by atoms with Crippen LogP contribution in [0.25, 0.3) is 111 Å². The van der Waals surface area contributed by atoms with Gasteiger partial charge >= 0.3 is 0 Å². The lowest BCUT2D eigenvalue weighted by Crippen LogP contribution is -2.16. The zero-order chi connectivity index (χ0) is 41.8. The summed E-state index contributed by atoms with van der Waals surface area (Å²) in [7, 11) is 0. The third-order valence-electron chi connectivity index (χ3n) is 13.5. The largest absolute Gasteiger partial charge is 0.309 e. The molecule has 0 amide bonds. The van der Waals surface area contributed by atoms with Crippen LogP contribution >= 0.6 is 0 Å². The Bertz CT molecular complexity index is 3800. The molecule has 1 aliphatic rings. The van der Waals surface area contributed by atoms with E-state index in [0.717, 1.165) is 39.1 Å². The van der Waals surface area contributed by atoms with E-state index in [9.17, 15) is 0 Å². The van der Waals surface area contributed by atoms with Crippen molar-refractivity contribution >= 4 is 54.5 Å². The van der Waals surface area contributed by atoms with E-state index in [1.165, 1.54) is 77.0 Å². The molecule has 13 rings (SSSR count). The summed E-state index contributed by atoms with van der Waals surface area (Å²) in [5, 5.41) is 6.03. The van der Waals surface area contributed by atoms with Gasteiger partial charge in [0.25, 0.3) is 0 Å². The average Bonchev–Trinajstić information content (AvgIpc) is 3.94. The number of aromatic nitrogens is 4. The van der Waals surface area contributed by atoms with E-state index in [4.69, 9.17) is 9.97 Å². The Hall–Kier alpha value is -8.08. The van der Waals surface area contributed by atoms with Crippen molar-refractivity contribution in [3.05, 3.63) is 217 Å². The maximum atomic E-state index is 5.19. The maximum Gasteiger partial charge on any atom is 0.160 e. The molecule has 0 radical (unpaired) electrons. The van der Waals surface area contributed by atoms with Gasteiger partial charge in [0.05, 0.1) is 33.3 Å². The molecule has 0 spiro atoms. The van der Waals surface area contributed by atoms with Gasteiger partial charge in [-0.3, -0.25) is 0 Å². The van der Waals surface area contributed by atoms with Crippen molar-refractivity contribution in [2.45, 2.75) is 19.3 Å². The summed E-state index contributed by atoms with van der Waals surface area (Å²) in [4.78, 5) is 10.3. The molecule has 4 nitrogen and oxygen atoms in total. The lowest BCUT2D eigenvalue weighted by Gasteiger charge is -2.23. The predicted octanol–water partition coefficient (Wildman–Crippen LogP) is 15.1. The Morgan fingerprint density at radius 2 is 0.968 bits per heavy atom. The first kappa shape index (κ1) is 35.7.